The van der Waals surface area contributed by atoms with E-state index in [1.165, 1.54) is 24.1 Å². The van der Waals surface area contributed by atoms with Gasteiger partial charge in [0.05, 0.1) is 37.3 Å². The van der Waals surface area contributed by atoms with Crippen LogP contribution in [0, 0.1) is 12.7 Å². The fourth-order valence-electron chi connectivity index (χ4n) is 4.63. The summed E-state index contributed by atoms with van der Waals surface area (Å²) in [6.07, 6.45) is -3.45. The maximum atomic E-state index is 14.8. The number of anilines is 1. The summed E-state index contributed by atoms with van der Waals surface area (Å²) in [5.41, 5.74) is -0.332. The van der Waals surface area contributed by atoms with Crippen LogP contribution in [0.25, 0.3) is 10.9 Å². The summed E-state index contributed by atoms with van der Waals surface area (Å²) >= 11 is 0. The number of hydrogen-bond acceptors (Lipinski definition) is 6. The molecule has 0 saturated carbocycles. The Morgan fingerprint density at radius 3 is 2.45 bits per heavy atom. The van der Waals surface area contributed by atoms with Crippen molar-refractivity contribution in [2.24, 2.45) is 0 Å². The van der Waals surface area contributed by atoms with Crippen molar-refractivity contribution in [3.63, 3.8) is 0 Å². The van der Waals surface area contributed by atoms with Gasteiger partial charge in [-0.15, -0.1) is 0 Å². The molecule has 0 spiro atoms. The van der Waals surface area contributed by atoms with Gasteiger partial charge in [-0.25, -0.2) is 18.0 Å². The van der Waals surface area contributed by atoms with Gasteiger partial charge in [0, 0.05) is 34.0 Å². The summed E-state index contributed by atoms with van der Waals surface area (Å²) < 4.78 is 52.3. The molecule has 3 aromatic rings. The van der Waals surface area contributed by atoms with E-state index >= 15 is 0 Å². The highest BCUT2D eigenvalue weighted by atomic mass is 19.3. The number of carbonyl (C=O) groups is 1. The topological polar surface area (TPSA) is 83.9 Å². The molecular weight excluding hydrogens is 499 g/mol. The van der Waals surface area contributed by atoms with Gasteiger partial charge in [-0.1, -0.05) is 18.2 Å². The lowest BCUT2D eigenvalue weighted by molar-refractivity contribution is -0.104. The molecule has 10 heteroatoms. The molecule has 1 saturated heterocycles. The van der Waals surface area contributed by atoms with Crippen molar-refractivity contribution in [3.05, 3.63) is 64.6 Å². The first-order valence-electron chi connectivity index (χ1n) is 12.3. The van der Waals surface area contributed by atoms with Gasteiger partial charge in [0.2, 0.25) is 0 Å². The van der Waals surface area contributed by atoms with Crippen LogP contribution in [0.3, 0.4) is 0 Å². The molecule has 1 atom stereocenters. The molecular formula is C28H32F3N3O4. The van der Waals surface area contributed by atoms with Crippen LogP contribution in [0.5, 0.6) is 5.75 Å². The van der Waals surface area contributed by atoms with Gasteiger partial charge in [-0.05, 0) is 46.8 Å². The summed E-state index contributed by atoms with van der Waals surface area (Å²) in [5.74, 6) is -0.553. The van der Waals surface area contributed by atoms with Gasteiger partial charge in [-0.2, -0.15) is 0 Å². The molecule has 4 rings (SSSR count). The van der Waals surface area contributed by atoms with Crippen LogP contribution >= 0.6 is 0 Å². The summed E-state index contributed by atoms with van der Waals surface area (Å²) in [6.45, 7) is 8.79. The second-order valence-corrected chi connectivity index (χ2v) is 10.7. The highest BCUT2D eigenvalue weighted by molar-refractivity contribution is 5.93. The van der Waals surface area contributed by atoms with Crippen LogP contribution in [0.4, 0.5) is 23.7 Å². The average molecular weight is 532 g/mol. The number of hydrogen-bond donors (Lipinski definition) is 2. The van der Waals surface area contributed by atoms with Crippen molar-refractivity contribution in [2.75, 3.05) is 25.5 Å². The number of amides is 1. The number of aliphatic hydroxyl groups is 1. The Labute approximate surface area is 219 Å². The predicted molar refractivity (Wildman–Crippen MR) is 138 cm³/mol. The fraction of sp³-hybridized carbons (Fsp3) is 0.429. The molecule has 0 aliphatic carbocycles. The minimum Gasteiger partial charge on any atom is -0.496 e. The quantitative estimate of drug-likeness (QED) is 0.392. The van der Waals surface area contributed by atoms with E-state index in [2.05, 4.69) is 10.3 Å². The van der Waals surface area contributed by atoms with E-state index in [-0.39, 0.29) is 18.7 Å². The van der Waals surface area contributed by atoms with Gasteiger partial charge >= 0.3 is 6.09 Å². The molecule has 0 radical (unpaired) electrons. The Bertz CT molecular complexity index is 1370. The molecule has 1 amide bonds. The summed E-state index contributed by atoms with van der Waals surface area (Å²) in [6, 6.07) is 8.47. The molecule has 2 aromatic carbocycles. The maximum Gasteiger partial charge on any atom is 0.410 e. The number of methoxy groups -OCH3 is 1. The number of fused-ring (bicyclic) bond motifs is 1. The van der Waals surface area contributed by atoms with Gasteiger partial charge in [0.25, 0.3) is 6.43 Å². The zero-order valence-electron chi connectivity index (χ0n) is 22.2. The standard InChI is InChI=1S/C28H32F3N3O4/c1-15-10-21(33-16(2)17-8-7-9-18(24(17)29)25(30)31)19-11-20(23(37-6)12-22(19)32-15)28(36)13-34(14-28)26(35)38-27(3,4)5/h7-12,16,25,36H,13-14H2,1-6H3,(H,32,33)/t16-/m1/s1. The van der Waals surface area contributed by atoms with E-state index in [4.69, 9.17) is 9.47 Å². The van der Waals surface area contributed by atoms with Crippen molar-refractivity contribution >= 4 is 22.7 Å². The minimum atomic E-state index is -2.93. The van der Waals surface area contributed by atoms with E-state index in [9.17, 15) is 23.1 Å². The number of aromatic nitrogens is 1. The van der Waals surface area contributed by atoms with E-state index in [0.717, 1.165) is 6.07 Å². The number of ether oxygens (including phenoxy) is 2. The van der Waals surface area contributed by atoms with Crippen molar-refractivity contribution in [1.29, 1.82) is 0 Å². The third kappa shape index (κ3) is 5.36. The number of aryl methyl sites for hydroxylation is 1. The SMILES string of the molecule is COc1cc2nc(C)cc(N[C@H](C)c3cccc(C(F)F)c3F)c2cc1C1(O)CN(C(=O)OC(C)(C)C)C1. The number of likely N-dealkylation sites (tertiary alicyclic amines) is 1. The summed E-state index contributed by atoms with van der Waals surface area (Å²) in [5, 5.41) is 15.2. The largest absolute Gasteiger partial charge is 0.496 e. The lowest BCUT2D eigenvalue weighted by Gasteiger charge is -2.46. The second kappa shape index (κ2) is 9.98. The summed E-state index contributed by atoms with van der Waals surface area (Å²) in [7, 11) is 1.48. The van der Waals surface area contributed by atoms with Gasteiger partial charge in [0.15, 0.2) is 0 Å². The Hall–Kier alpha value is -3.53. The van der Waals surface area contributed by atoms with Crippen molar-refractivity contribution in [2.45, 2.75) is 58.3 Å². The molecule has 2 heterocycles. The number of nitrogens with zero attached hydrogens (tertiary/aromatic N) is 2. The third-order valence-corrected chi connectivity index (χ3v) is 6.45. The molecule has 2 N–H and O–H groups in total. The first-order chi connectivity index (χ1) is 17.7. The zero-order chi connectivity index (χ0) is 28.0. The highest BCUT2D eigenvalue weighted by Gasteiger charge is 2.48. The molecule has 0 bridgehead atoms. The number of alkyl halides is 2. The lowest BCUT2D eigenvalue weighted by Crippen LogP contribution is -2.62. The van der Waals surface area contributed by atoms with E-state index < -0.39 is 41.1 Å². The molecule has 1 aliphatic heterocycles. The normalized spacial score (nSPS) is 15.8. The Kier molecular flexibility index (Phi) is 7.22. The molecule has 38 heavy (non-hydrogen) atoms. The van der Waals surface area contributed by atoms with Gasteiger partial charge < -0.3 is 24.8 Å². The number of benzene rings is 2. The van der Waals surface area contributed by atoms with Crippen LogP contribution < -0.4 is 10.1 Å². The second-order valence-electron chi connectivity index (χ2n) is 10.7. The lowest BCUT2D eigenvalue weighted by atomic mass is 9.84. The van der Waals surface area contributed by atoms with Crippen LogP contribution in [-0.4, -0.2) is 46.9 Å². The molecule has 1 fully saturated rings. The third-order valence-electron chi connectivity index (χ3n) is 6.45. The first kappa shape index (κ1) is 27.5. The Morgan fingerprint density at radius 1 is 1.18 bits per heavy atom. The molecule has 1 aliphatic rings. The fourth-order valence-corrected chi connectivity index (χ4v) is 4.63. The highest BCUT2D eigenvalue weighted by Crippen LogP contribution is 2.42. The van der Waals surface area contributed by atoms with Crippen molar-refractivity contribution in [3.8, 4) is 5.75 Å². The number of carbonyl (C=O) groups excluding carboxylic acids is 1. The first-order valence-corrected chi connectivity index (χ1v) is 12.3. The van der Waals surface area contributed by atoms with Crippen LogP contribution in [-0.2, 0) is 10.3 Å². The summed E-state index contributed by atoms with van der Waals surface area (Å²) in [4.78, 5) is 18.4. The van der Waals surface area contributed by atoms with Crippen LogP contribution in [0.2, 0.25) is 0 Å². The van der Waals surface area contributed by atoms with Crippen molar-refractivity contribution in [1.82, 2.24) is 9.88 Å². The number of β-amino-alcohol motifs (C(OH)–C–C–N with tert-alkyl or cyclic N) is 1. The monoisotopic (exact) mass is 531 g/mol. The zero-order valence-corrected chi connectivity index (χ0v) is 22.2. The van der Waals surface area contributed by atoms with Crippen LogP contribution in [0.1, 0.15) is 62.5 Å². The van der Waals surface area contributed by atoms with E-state index in [0.29, 0.717) is 33.6 Å². The smallest absolute Gasteiger partial charge is 0.410 e. The van der Waals surface area contributed by atoms with E-state index in [1.807, 2.05) is 0 Å². The minimum absolute atomic E-state index is 0.00780. The van der Waals surface area contributed by atoms with Crippen molar-refractivity contribution < 1.29 is 32.5 Å². The molecule has 204 valence electrons. The van der Waals surface area contributed by atoms with Crippen LogP contribution in [0.15, 0.2) is 36.4 Å². The predicted octanol–water partition coefficient (Wildman–Crippen LogP) is 6.24. The van der Waals surface area contributed by atoms with Gasteiger partial charge in [-0.3, -0.25) is 4.98 Å². The Morgan fingerprint density at radius 2 is 1.84 bits per heavy atom. The van der Waals surface area contributed by atoms with E-state index in [1.54, 1.807) is 52.8 Å². The number of rotatable bonds is 6. The number of pyridine rings is 1. The molecule has 1 aromatic heterocycles. The maximum absolute atomic E-state index is 14.8. The Balaban J connectivity index is 1.69. The number of nitrogens with one attached hydrogen (secondary N) is 1. The average Bonchev–Trinajstić information content (AvgIpc) is 2.79. The number of halogens is 3. The molecule has 7 nitrogen and oxygen atoms in total. The van der Waals surface area contributed by atoms with Gasteiger partial charge in [0.1, 0.15) is 22.8 Å². The molecule has 0 unspecified atom stereocenters.